The summed E-state index contributed by atoms with van der Waals surface area (Å²) in [6, 6.07) is 8.61. The van der Waals surface area contributed by atoms with Crippen molar-refractivity contribution in [1.29, 1.82) is 0 Å². The molecule has 2 aliphatic rings. The lowest BCUT2D eigenvalue weighted by atomic mass is 9.68. The number of hydrogen-bond acceptors (Lipinski definition) is 6. The fourth-order valence-corrected chi connectivity index (χ4v) is 4.18. The molecule has 1 aromatic heterocycles. The molecule has 8 heteroatoms. The number of aryl methyl sites for hydroxylation is 1. The van der Waals surface area contributed by atoms with Gasteiger partial charge in [0.25, 0.3) is 5.56 Å². The van der Waals surface area contributed by atoms with Gasteiger partial charge in [-0.25, -0.2) is 4.79 Å². The third-order valence-electron chi connectivity index (χ3n) is 5.22. The summed E-state index contributed by atoms with van der Waals surface area (Å²) < 4.78 is 10.5. The highest BCUT2D eigenvalue weighted by atomic mass is 16.5. The van der Waals surface area contributed by atoms with Gasteiger partial charge < -0.3 is 25.1 Å². The van der Waals surface area contributed by atoms with E-state index in [4.69, 9.17) is 15.2 Å². The van der Waals surface area contributed by atoms with Crippen LogP contribution < -0.4 is 20.9 Å². The average molecular weight is 381 g/mol. The van der Waals surface area contributed by atoms with Crippen molar-refractivity contribution in [3.05, 3.63) is 69.0 Å². The van der Waals surface area contributed by atoms with Gasteiger partial charge in [-0.15, -0.1) is 0 Å². The number of aromatic nitrogens is 1. The van der Waals surface area contributed by atoms with Gasteiger partial charge in [0.2, 0.25) is 11.8 Å². The lowest BCUT2D eigenvalue weighted by Crippen LogP contribution is -2.51. The highest BCUT2D eigenvalue weighted by Gasteiger charge is 2.62. The van der Waals surface area contributed by atoms with Gasteiger partial charge in [0.1, 0.15) is 16.7 Å². The van der Waals surface area contributed by atoms with Gasteiger partial charge in [-0.1, -0.05) is 18.2 Å². The minimum absolute atomic E-state index is 0.0288. The molecule has 1 unspecified atom stereocenters. The Balaban J connectivity index is 2.22. The van der Waals surface area contributed by atoms with E-state index in [1.54, 1.807) is 37.3 Å². The van der Waals surface area contributed by atoms with Crippen molar-refractivity contribution in [2.24, 2.45) is 5.73 Å². The fraction of sp³-hybridized carbons (Fsp3) is 0.250. The zero-order valence-electron chi connectivity index (χ0n) is 15.7. The van der Waals surface area contributed by atoms with Gasteiger partial charge >= 0.3 is 5.97 Å². The fourth-order valence-electron chi connectivity index (χ4n) is 4.18. The lowest BCUT2D eigenvalue weighted by molar-refractivity contribution is -0.138. The number of esters is 1. The molecule has 1 aromatic carbocycles. The van der Waals surface area contributed by atoms with Crippen LogP contribution in [0.5, 0.6) is 5.75 Å². The number of para-hydroxylation sites is 1. The first-order valence-corrected chi connectivity index (χ1v) is 8.80. The predicted octanol–water partition coefficient (Wildman–Crippen LogP) is 1.07. The predicted molar refractivity (Wildman–Crippen MR) is 101 cm³/mol. The molecule has 0 saturated carbocycles. The van der Waals surface area contributed by atoms with Crippen LogP contribution in [0, 0.1) is 6.92 Å². The molecular weight excluding hydrogens is 362 g/mol. The van der Waals surface area contributed by atoms with E-state index in [0.717, 1.165) is 0 Å². The molecule has 4 rings (SSSR count). The smallest absolute Gasteiger partial charge is 0.340 e. The lowest BCUT2D eigenvalue weighted by Gasteiger charge is -2.35. The van der Waals surface area contributed by atoms with Gasteiger partial charge in [0, 0.05) is 29.6 Å². The van der Waals surface area contributed by atoms with Gasteiger partial charge in [0.05, 0.1) is 12.7 Å². The zero-order valence-corrected chi connectivity index (χ0v) is 15.7. The first-order chi connectivity index (χ1) is 13.4. The van der Waals surface area contributed by atoms with Gasteiger partial charge in [0.15, 0.2) is 0 Å². The Hall–Kier alpha value is -3.55. The summed E-state index contributed by atoms with van der Waals surface area (Å²) in [6.07, 6.45) is 0. The van der Waals surface area contributed by atoms with Crippen molar-refractivity contribution < 1.29 is 19.1 Å². The molecule has 1 atom stereocenters. The molecule has 0 aliphatic carbocycles. The Morgan fingerprint density at radius 3 is 2.71 bits per heavy atom. The Bertz CT molecular complexity index is 1120. The first kappa shape index (κ1) is 17.8. The van der Waals surface area contributed by atoms with Gasteiger partial charge in [-0.05, 0) is 19.9 Å². The van der Waals surface area contributed by atoms with Crippen molar-refractivity contribution in [3.8, 4) is 5.75 Å². The molecule has 28 heavy (non-hydrogen) atoms. The molecule has 144 valence electrons. The number of fused-ring (bicyclic) bond motifs is 4. The summed E-state index contributed by atoms with van der Waals surface area (Å²) in [4.78, 5) is 43.8. The topological polar surface area (TPSA) is 115 Å². The maximum atomic E-state index is 13.8. The quantitative estimate of drug-likeness (QED) is 0.752. The minimum Gasteiger partial charge on any atom is -0.465 e. The monoisotopic (exact) mass is 381 g/mol. The number of H-pyrrole nitrogens is 1. The van der Waals surface area contributed by atoms with E-state index >= 15 is 0 Å². The van der Waals surface area contributed by atoms with E-state index in [-0.39, 0.29) is 22.8 Å². The molecule has 3 N–H and O–H groups in total. The standard InChI is InChI=1S/C20H19N3O5/c1-4-23-12-8-6-5-7-11(12)20(19(23)26)14-13(9-10(2)22-17(14)24)28-16(21)15(20)18(25)27-3/h5-9H,4,21H2,1-3H3,(H,22,24). The number of aromatic amines is 1. The van der Waals surface area contributed by atoms with Crippen molar-refractivity contribution in [2.45, 2.75) is 19.3 Å². The molecule has 2 aromatic rings. The number of pyridine rings is 1. The van der Waals surface area contributed by atoms with Crippen LogP contribution in [0.1, 0.15) is 23.7 Å². The Kier molecular flexibility index (Phi) is 3.81. The SMILES string of the molecule is CCN1C(=O)C2(C(C(=O)OC)=C(N)Oc3cc(C)[nH]c(=O)c32)c2ccccc21. The summed E-state index contributed by atoms with van der Waals surface area (Å²) in [6.45, 7) is 3.86. The number of hydrogen-bond donors (Lipinski definition) is 2. The third-order valence-corrected chi connectivity index (χ3v) is 5.22. The maximum Gasteiger partial charge on any atom is 0.340 e. The molecule has 0 fully saturated rings. The zero-order chi connectivity index (χ0) is 20.2. The number of nitrogens with two attached hydrogens (primary N) is 1. The van der Waals surface area contributed by atoms with Crippen molar-refractivity contribution in [3.63, 3.8) is 0 Å². The van der Waals surface area contributed by atoms with Crippen molar-refractivity contribution in [1.82, 2.24) is 4.98 Å². The number of ether oxygens (including phenoxy) is 2. The Morgan fingerprint density at radius 2 is 2.04 bits per heavy atom. The number of benzene rings is 1. The molecule has 3 heterocycles. The summed E-state index contributed by atoms with van der Waals surface area (Å²) in [5.74, 6) is -1.39. The number of amides is 1. The number of nitrogens with one attached hydrogen (secondary N) is 1. The third kappa shape index (κ3) is 2.02. The van der Waals surface area contributed by atoms with Gasteiger partial charge in [-0.2, -0.15) is 0 Å². The number of rotatable bonds is 2. The summed E-state index contributed by atoms with van der Waals surface area (Å²) in [7, 11) is 1.19. The molecule has 0 radical (unpaired) electrons. The first-order valence-electron chi connectivity index (χ1n) is 8.80. The number of carbonyl (C=O) groups is 2. The number of carbonyl (C=O) groups excluding carboxylic acids is 2. The molecule has 0 bridgehead atoms. The van der Waals surface area contributed by atoms with E-state index in [2.05, 4.69) is 4.98 Å². The van der Waals surface area contributed by atoms with Crippen molar-refractivity contribution in [2.75, 3.05) is 18.6 Å². The molecule has 8 nitrogen and oxygen atoms in total. The Morgan fingerprint density at radius 1 is 1.32 bits per heavy atom. The molecule has 1 spiro atoms. The second-order valence-electron chi connectivity index (χ2n) is 6.67. The van der Waals surface area contributed by atoms with Crippen LogP contribution in [-0.4, -0.2) is 30.5 Å². The maximum absolute atomic E-state index is 13.8. The van der Waals surface area contributed by atoms with Crippen LogP contribution >= 0.6 is 0 Å². The highest BCUT2D eigenvalue weighted by Crippen LogP contribution is 2.54. The molecular formula is C20H19N3O5. The van der Waals surface area contributed by atoms with E-state index in [9.17, 15) is 14.4 Å². The summed E-state index contributed by atoms with van der Waals surface area (Å²) in [5, 5.41) is 0. The summed E-state index contributed by atoms with van der Waals surface area (Å²) >= 11 is 0. The normalized spacial score (nSPS) is 20.1. The van der Waals surface area contributed by atoms with Crippen LogP contribution in [0.2, 0.25) is 0 Å². The van der Waals surface area contributed by atoms with Crippen LogP contribution in [-0.2, 0) is 19.7 Å². The van der Waals surface area contributed by atoms with E-state index in [0.29, 0.717) is 23.5 Å². The van der Waals surface area contributed by atoms with E-state index < -0.39 is 22.9 Å². The number of nitrogens with zero attached hydrogens (tertiary/aromatic N) is 1. The van der Waals surface area contributed by atoms with Crippen LogP contribution in [0.4, 0.5) is 5.69 Å². The van der Waals surface area contributed by atoms with E-state index in [1.165, 1.54) is 12.0 Å². The number of anilines is 1. The van der Waals surface area contributed by atoms with E-state index in [1.807, 2.05) is 6.92 Å². The minimum atomic E-state index is -1.74. The van der Waals surface area contributed by atoms with Crippen LogP contribution in [0.25, 0.3) is 0 Å². The average Bonchev–Trinajstić information content (AvgIpc) is 2.89. The van der Waals surface area contributed by atoms with Crippen LogP contribution in [0.15, 0.2) is 46.6 Å². The number of methoxy groups -OCH3 is 1. The molecule has 2 aliphatic heterocycles. The van der Waals surface area contributed by atoms with Crippen LogP contribution in [0.3, 0.4) is 0 Å². The molecule has 0 saturated heterocycles. The highest BCUT2D eigenvalue weighted by molar-refractivity contribution is 6.18. The second-order valence-corrected chi connectivity index (χ2v) is 6.67. The molecule has 1 amide bonds. The van der Waals surface area contributed by atoms with Crippen molar-refractivity contribution >= 4 is 17.6 Å². The largest absolute Gasteiger partial charge is 0.465 e. The second kappa shape index (κ2) is 5.98. The Labute approximate surface area is 160 Å². The number of likely N-dealkylation sites (N-methyl/N-ethyl adjacent to an activating group) is 1. The van der Waals surface area contributed by atoms with Gasteiger partial charge in [-0.3, -0.25) is 9.59 Å². The summed E-state index contributed by atoms with van der Waals surface area (Å²) in [5.41, 5.74) is 5.32.